The zero-order valence-corrected chi connectivity index (χ0v) is 11.6. The zero-order valence-electron chi connectivity index (χ0n) is 11.6. The number of nitrogens with one attached hydrogen (secondary N) is 1. The molecule has 4 nitrogen and oxygen atoms in total. The number of rotatable bonds is 3. The van der Waals surface area contributed by atoms with Gasteiger partial charge in [-0.1, -0.05) is 12.1 Å². The Bertz CT molecular complexity index is 725. The smallest absolute Gasteiger partial charge is 0.336 e. The number of hydrogen-bond acceptors (Lipinski definition) is 2. The Hall–Kier alpha value is -2.69. The molecule has 21 heavy (non-hydrogen) atoms. The van der Waals surface area contributed by atoms with Gasteiger partial charge in [-0.2, -0.15) is 0 Å². The van der Waals surface area contributed by atoms with Crippen molar-refractivity contribution in [3.05, 3.63) is 64.5 Å². The number of benzene rings is 2. The molecule has 0 aliphatic heterocycles. The molecule has 0 aliphatic rings. The molecule has 0 radical (unpaired) electrons. The molecule has 0 fully saturated rings. The van der Waals surface area contributed by atoms with Crippen molar-refractivity contribution in [2.45, 2.75) is 13.8 Å². The summed E-state index contributed by atoms with van der Waals surface area (Å²) in [5.41, 5.74) is 1.92. The van der Waals surface area contributed by atoms with Gasteiger partial charge in [-0.3, -0.25) is 4.79 Å². The monoisotopic (exact) mass is 287 g/mol. The molecular weight excluding hydrogens is 273 g/mol. The molecule has 0 unspecified atom stereocenters. The Morgan fingerprint density at radius 3 is 2.29 bits per heavy atom. The Labute approximate surface area is 121 Å². The van der Waals surface area contributed by atoms with Crippen molar-refractivity contribution in [3.63, 3.8) is 0 Å². The van der Waals surface area contributed by atoms with Gasteiger partial charge in [-0.05, 0) is 49.2 Å². The molecule has 0 aromatic heterocycles. The van der Waals surface area contributed by atoms with Crippen LogP contribution >= 0.6 is 0 Å². The minimum atomic E-state index is -1.06. The van der Waals surface area contributed by atoms with Gasteiger partial charge in [0.05, 0.1) is 5.56 Å². The van der Waals surface area contributed by atoms with Crippen LogP contribution in [0.5, 0.6) is 0 Å². The van der Waals surface area contributed by atoms with E-state index < -0.39 is 17.7 Å². The second-order valence-electron chi connectivity index (χ2n) is 4.75. The number of carbonyl (C=O) groups is 2. The van der Waals surface area contributed by atoms with E-state index in [-0.39, 0.29) is 11.1 Å². The summed E-state index contributed by atoms with van der Waals surface area (Å²) >= 11 is 0. The lowest BCUT2D eigenvalue weighted by molar-refractivity contribution is 0.0695. The van der Waals surface area contributed by atoms with E-state index in [0.717, 1.165) is 6.07 Å². The third kappa shape index (κ3) is 3.25. The van der Waals surface area contributed by atoms with Gasteiger partial charge in [0.15, 0.2) is 0 Å². The molecule has 2 aromatic carbocycles. The Morgan fingerprint density at radius 1 is 1.00 bits per heavy atom. The van der Waals surface area contributed by atoms with Crippen molar-refractivity contribution in [1.82, 2.24) is 0 Å². The highest BCUT2D eigenvalue weighted by atomic mass is 19.1. The fourth-order valence-electron chi connectivity index (χ4n) is 1.97. The number of halogens is 1. The molecule has 0 bridgehead atoms. The van der Waals surface area contributed by atoms with E-state index >= 15 is 0 Å². The van der Waals surface area contributed by atoms with Crippen LogP contribution in [0.3, 0.4) is 0 Å². The number of aryl methyl sites for hydroxylation is 2. The van der Waals surface area contributed by atoms with E-state index in [9.17, 15) is 14.0 Å². The lowest BCUT2D eigenvalue weighted by atomic mass is 10.1. The van der Waals surface area contributed by atoms with E-state index in [1.165, 1.54) is 18.2 Å². The van der Waals surface area contributed by atoms with Gasteiger partial charge < -0.3 is 10.4 Å². The van der Waals surface area contributed by atoms with Crippen molar-refractivity contribution in [1.29, 1.82) is 0 Å². The maximum absolute atomic E-state index is 13.2. The molecule has 5 heteroatoms. The number of aromatic carboxylic acids is 1. The second kappa shape index (κ2) is 5.75. The number of carboxylic acid groups (broad SMARTS) is 1. The fraction of sp³-hybridized carbons (Fsp3) is 0.125. The van der Waals surface area contributed by atoms with Crippen LogP contribution in [0.2, 0.25) is 0 Å². The summed E-state index contributed by atoms with van der Waals surface area (Å²) in [5.74, 6) is -2.04. The predicted octanol–water partition coefficient (Wildman–Crippen LogP) is 3.39. The van der Waals surface area contributed by atoms with Crippen LogP contribution in [0.15, 0.2) is 36.4 Å². The van der Waals surface area contributed by atoms with Crippen molar-refractivity contribution in [2.75, 3.05) is 5.32 Å². The molecule has 2 aromatic rings. The topological polar surface area (TPSA) is 66.4 Å². The van der Waals surface area contributed by atoms with E-state index in [2.05, 4.69) is 5.32 Å². The minimum absolute atomic E-state index is 0.115. The highest BCUT2D eigenvalue weighted by Crippen LogP contribution is 2.18. The van der Waals surface area contributed by atoms with Gasteiger partial charge in [-0.15, -0.1) is 0 Å². The summed E-state index contributed by atoms with van der Waals surface area (Å²) in [4.78, 5) is 23.2. The Morgan fingerprint density at radius 2 is 1.62 bits per heavy atom. The van der Waals surface area contributed by atoms with Crippen molar-refractivity contribution < 1.29 is 19.1 Å². The quantitative estimate of drug-likeness (QED) is 0.909. The van der Waals surface area contributed by atoms with Crippen LogP contribution in [0.4, 0.5) is 10.1 Å². The predicted molar refractivity (Wildman–Crippen MR) is 77.2 cm³/mol. The first-order valence-corrected chi connectivity index (χ1v) is 6.30. The molecule has 2 N–H and O–H groups in total. The number of hydrogen-bond donors (Lipinski definition) is 2. The molecule has 2 rings (SSSR count). The Kier molecular flexibility index (Phi) is 4.03. The largest absolute Gasteiger partial charge is 0.478 e. The third-order valence-corrected chi connectivity index (χ3v) is 3.17. The van der Waals surface area contributed by atoms with E-state index in [1.807, 2.05) is 0 Å². The molecule has 1 amide bonds. The maximum atomic E-state index is 13.2. The van der Waals surface area contributed by atoms with Crippen LogP contribution in [-0.4, -0.2) is 17.0 Å². The standard InChI is InChI=1S/C16H14FNO3/c1-9-3-5-11(17)7-13(9)15(19)18-12-6-4-10(2)14(8-12)16(20)21/h3-8H,1-2H3,(H,18,19)(H,20,21). The lowest BCUT2D eigenvalue weighted by Crippen LogP contribution is -2.14. The molecular formula is C16H14FNO3. The van der Waals surface area contributed by atoms with E-state index in [4.69, 9.17) is 5.11 Å². The first-order valence-electron chi connectivity index (χ1n) is 6.30. The van der Waals surface area contributed by atoms with Gasteiger partial charge in [0.25, 0.3) is 5.91 Å². The highest BCUT2D eigenvalue weighted by Gasteiger charge is 2.13. The van der Waals surface area contributed by atoms with E-state index in [1.54, 1.807) is 26.0 Å². The maximum Gasteiger partial charge on any atom is 0.336 e. The van der Waals surface area contributed by atoms with Gasteiger partial charge in [0, 0.05) is 11.3 Å². The normalized spacial score (nSPS) is 10.2. The van der Waals surface area contributed by atoms with E-state index in [0.29, 0.717) is 16.8 Å². The number of amides is 1. The SMILES string of the molecule is Cc1ccc(NC(=O)c2cc(F)ccc2C)cc1C(=O)O. The highest BCUT2D eigenvalue weighted by molar-refractivity contribution is 6.05. The van der Waals surface area contributed by atoms with Crippen molar-refractivity contribution in [2.24, 2.45) is 0 Å². The van der Waals surface area contributed by atoms with Gasteiger partial charge in [0.1, 0.15) is 5.82 Å². The summed E-state index contributed by atoms with van der Waals surface area (Å²) in [6.07, 6.45) is 0. The molecule has 0 aliphatic carbocycles. The molecule has 0 spiro atoms. The second-order valence-corrected chi connectivity index (χ2v) is 4.75. The summed E-state index contributed by atoms with van der Waals surface area (Å²) in [5, 5.41) is 11.6. The van der Waals surface area contributed by atoms with Crippen LogP contribution in [0.25, 0.3) is 0 Å². The molecule has 108 valence electrons. The molecule has 0 saturated carbocycles. The van der Waals surface area contributed by atoms with Crippen LogP contribution < -0.4 is 5.32 Å². The average molecular weight is 287 g/mol. The Balaban J connectivity index is 2.29. The minimum Gasteiger partial charge on any atom is -0.478 e. The number of carbonyl (C=O) groups excluding carboxylic acids is 1. The van der Waals surface area contributed by atoms with Gasteiger partial charge in [-0.25, -0.2) is 9.18 Å². The summed E-state index contributed by atoms with van der Waals surface area (Å²) in [6.45, 7) is 3.37. The zero-order chi connectivity index (χ0) is 15.6. The summed E-state index contributed by atoms with van der Waals surface area (Å²) in [6, 6.07) is 8.54. The lowest BCUT2D eigenvalue weighted by Gasteiger charge is -2.09. The van der Waals surface area contributed by atoms with Crippen molar-refractivity contribution in [3.8, 4) is 0 Å². The third-order valence-electron chi connectivity index (χ3n) is 3.17. The van der Waals surface area contributed by atoms with Crippen LogP contribution in [0, 0.1) is 19.7 Å². The van der Waals surface area contributed by atoms with Gasteiger partial charge in [0.2, 0.25) is 0 Å². The van der Waals surface area contributed by atoms with Crippen molar-refractivity contribution >= 4 is 17.6 Å². The molecule has 0 heterocycles. The molecule has 0 atom stereocenters. The fourth-order valence-corrected chi connectivity index (χ4v) is 1.97. The number of carboxylic acids is 1. The summed E-state index contributed by atoms with van der Waals surface area (Å²) < 4.78 is 13.2. The van der Waals surface area contributed by atoms with Gasteiger partial charge >= 0.3 is 5.97 Å². The molecule has 0 saturated heterocycles. The average Bonchev–Trinajstić information content (AvgIpc) is 2.43. The van der Waals surface area contributed by atoms with Crippen LogP contribution in [-0.2, 0) is 0 Å². The summed E-state index contributed by atoms with van der Waals surface area (Å²) in [7, 11) is 0. The first kappa shape index (κ1) is 14.7. The van der Waals surface area contributed by atoms with Crippen LogP contribution in [0.1, 0.15) is 31.8 Å². The number of anilines is 1. The first-order chi connectivity index (χ1) is 9.88.